The molecule has 2 rings (SSSR count). The van der Waals surface area contributed by atoms with Gasteiger partial charge in [-0.3, -0.25) is 0 Å². The molecule has 0 spiro atoms. The molecule has 1 heteroatoms. The Balaban J connectivity index is 1.97. The first-order valence-corrected chi connectivity index (χ1v) is 7.49. The normalized spacial score (nSPS) is 12.3. The standard InChI is InChI=1S/C19H25N/c1-15-12-13-16(2)18(14-15)19(20-3)11-7-10-17-8-5-4-6-9-17/h4-6,8-9,12-14,19-20H,7,10-11H2,1-3H3. The number of rotatable bonds is 6. The molecule has 0 aliphatic carbocycles. The van der Waals surface area contributed by atoms with E-state index in [1.807, 2.05) is 0 Å². The van der Waals surface area contributed by atoms with Gasteiger partial charge in [-0.05, 0) is 56.8 Å². The Kier molecular flexibility index (Phi) is 5.37. The van der Waals surface area contributed by atoms with Crippen molar-refractivity contribution in [2.75, 3.05) is 7.05 Å². The van der Waals surface area contributed by atoms with Gasteiger partial charge in [-0.2, -0.15) is 0 Å². The average molecular weight is 267 g/mol. The SMILES string of the molecule is CNC(CCCc1ccccc1)c1cc(C)ccc1C. The van der Waals surface area contributed by atoms with Gasteiger partial charge in [0.2, 0.25) is 0 Å². The molecule has 0 fully saturated rings. The maximum atomic E-state index is 3.47. The molecular formula is C19H25N. The van der Waals surface area contributed by atoms with Gasteiger partial charge in [0.25, 0.3) is 0 Å². The molecule has 0 saturated carbocycles. The summed E-state index contributed by atoms with van der Waals surface area (Å²) in [6, 6.07) is 17.9. The van der Waals surface area contributed by atoms with E-state index in [9.17, 15) is 0 Å². The number of hydrogen-bond donors (Lipinski definition) is 1. The highest BCUT2D eigenvalue weighted by Crippen LogP contribution is 2.23. The molecule has 0 saturated heterocycles. The van der Waals surface area contributed by atoms with Crippen LogP contribution in [0.1, 0.15) is 41.1 Å². The Labute approximate surface area is 123 Å². The molecule has 106 valence electrons. The lowest BCUT2D eigenvalue weighted by molar-refractivity contribution is 0.524. The Morgan fingerprint density at radius 1 is 1.00 bits per heavy atom. The minimum absolute atomic E-state index is 0.457. The average Bonchev–Trinajstić information content (AvgIpc) is 2.48. The number of benzene rings is 2. The van der Waals surface area contributed by atoms with Crippen LogP contribution in [0.2, 0.25) is 0 Å². The molecule has 2 aromatic carbocycles. The van der Waals surface area contributed by atoms with E-state index in [2.05, 4.69) is 74.7 Å². The van der Waals surface area contributed by atoms with Crippen LogP contribution in [0.5, 0.6) is 0 Å². The second-order valence-corrected chi connectivity index (χ2v) is 5.58. The molecule has 0 aliphatic rings. The van der Waals surface area contributed by atoms with Gasteiger partial charge in [0.05, 0.1) is 0 Å². The highest BCUT2D eigenvalue weighted by molar-refractivity contribution is 5.33. The zero-order valence-electron chi connectivity index (χ0n) is 12.8. The van der Waals surface area contributed by atoms with E-state index in [1.54, 1.807) is 0 Å². The molecule has 20 heavy (non-hydrogen) atoms. The van der Waals surface area contributed by atoms with Crippen molar-refractivity contribution in [3.8, 4) is 0 Å². The first-order valence-electron chi connectivity index (χ1n) is 7.49. The smallest absolute Gasteiger partial charge is 0.0320 e. The zero-order valence-corrected chi connectivity index (χ0v) is 12.8. The predicted octanol–water partition coefficient (Wildman–Crippen LogP) is 4.59. The van der Waals surface area contributed by atoms with Gasteiger partial charge in [0, 0.05) is 6.04 Å². The van der Waals surface area contributed by atoms with Gasteiger partial charge < -0.3 is 5.32 Å². The molecule has 0 amide bonds. The highest BCUT2D eigenvalue weighted by Gasteiger charge is 2.11. The fourth-order valence-electron chi connectivity index (χ4n) is 2.75. The summed E-state index contributed by atoms with van der Waals surface area (Å²) in [5.74, 6) is 0. The molecule has 1 atom stereocenters. The molecular weight excluding hydrogens is 242 g/mol. The maximum absolute atomic E-state index is 3.47. The van der Waals surface area contributed by atoms with Crippen molar-refractivity contribution >= 4 is 0 Å². The van der Waals surface area contributed by atoms with Crippen LogP contribution in [0.15, 0.2) is 48.5 Å². The summed E-state index contributed by atoms with van der Waals surface area (Å²) in [6.07, 6.45) is 3.54. The van der Waals surface area contributed by atoms with Crippen LogP contribution in [-0.4, -0.2) is 7.05 Å². The number of aryl methyl sites for hydroxylation is 3. The van der Waals surface area contributed by atoms with E-state index in [4.69, 9.17) is 0 Å². The van der Waals surface area contributed by atoms with Gasteiger partial charge in [-0.15, -0.1) is 0 Å². The van der Waals surface area contributed by atoms with Crippen molar-refractivity contribution in [3.63, 3.8) is 0 Å². The quantitative estimate of drug-likeness (QED) is 0.807. The van der Waals surface area contributed by atoms with E-state index < -0.39 is 0 Å². The van der Waals surface area contributed by atoms with E-state index in [-0.39, 0.29) is 0 Å². The second kappa shape index (κ2) is 7.25. The first kappa shape index (κ1) is 14.8. The molecule has 0 heterocycles. The van der Waals surface area contributed by atoms with Gasteiger partial charge >= 0.3 is 0 Å². The summed E-state index contributed by atoms with van der Waals surface area (Å²) in [5.41, 5.74) is 5.60. The Morgan fingerprint density at radius 3 is 2.45 bits per heavy atom. The highest BCUT2D eigenvalue weighted by atomic mass is 14.9. The molecule has 0 bridgehead atoms. The van der Waals surface area contributed by atoms with Crippen molar-refractivity contribution in [1.82, 2.24) is 5.32 Å². The Hall–Kier alpha value is -1.60. The topological polar surface area (TPSA) is 12.0 Å². The molecule has 2 aromatic rings. The van der Waals surface area contributed by atoms with Crippen LogP contribution in [0.4, 0.5) is 0 Å². The monoisotopic (exact) mass is 267 g/mol. The lowest BCUT2D eigenvalue weighted by atomic mass is 9.94. The predicted molar refractivity (Wildman–Crippen MR) is 87.1 cm³/mol. The fraction of sp³-hybridized carbons (Fsp3) is 0.368. The van der Waals surface area contributed by atoms with Gasteiger partial charge in [0.1, 0.15) is 0 Å². The summed E-state index contributed by atoms with van der Waals surface area (Å²) in [6.45, 7) is 4.37. The molecule has 0 aromatic heterocycles. The van der Waals surface area contributed by atoms with Gasteiger partial charge in [0.15, 0.2) is 0 Å². The molecule has 0 radical (unpaired) electrons. The summed E-state index contributed by atoms with van der Waals surface area (Å²) in [4.78, 5) is 0. The minimum Gasteiger partial charge on any atom is -0.313 e. The summed E-state index contributed by atoms with van der Waals surface area (Å²) < 4.78 is 0. The molecule has 1 N–H and O–H groups in total. The molecule has 0 aliphatic heterocycles. The van der Waals surface area contributed by atoms with Crippen LogP contribution < -0.4 is 5.32 Å². The van der Waals surface area contributed by atoms with Crippen LogP contribution in [0.3, 0.4) is 0 Å². The van der Waals surface area contributed by atoms with Gasteiger partial charge in [-0.1, -0.05) is 54.1 Å². The van der Waals surface area contributed by atoms with E-state index in [0.717, 1.165) is 6.42 Å². The minimum atomic E-state index is 0.457. The Morgan fingerprint density at radius 2 is 1.75 bits per heavy atom. The summed E-state index contributed by atoms with van der Waals surface area (Å²) >= 11 is 0. The third-order valence-corrected chi connectivity index (χ3v) is 3.96. The zero-order chi connectivity index (χ0) is 14.4. The van der Waals surface area contributed by atoms with Crippen molar-refractivity contribution in [1.29, 1.82) is 0 Å². The third-order valence-electron chi connectivity index (χ3n) is 3.96. The van der Waals surface area contributed by atoms with Crippen LogP contribution in [0, 0.1) is 13.8 Å². The largest absolute Gasteiger partial charge is 0.313 e. The first-order chi connectivity index (χ1) is 9.70. The van der Waals surface area contributed by atoms with E-state index in [1.165, 1.54) is 35.1 Å². The number of nitrogens with one attached hydrogen (secondary N) is 1. The number of hydrogen-bond acceptors (Lipinski definition) is 1. The van der Waals surface area contributed by atoms with E-state index >= 15 is 0 Å². The van der Waals surface area contributed by atoms with Crippen molar-refractivity contribution in [3.05, 3.63) is 70.8 Å². The Bertz CT molecular complexity index is 531. The van der Waals surface area contributed by atoms with Crippen LogP contribution >= 0.6 is 0 Å². The van der Waals surface area contributed by atoms with Crippen LogP contribution in [-0.2, 0) is 6.42 Å². The summed E-state index contributed by atoms with van der Waals surface area (Å²) in [7, 11) is 2.06. The van der Waals surface area contributed by atoms with Crippen LogP contribution in [0.25, 0.3) is 0 Å². The van der Waals surface area contributed by atoms with E-state index in [0.29, 0.717) is 6.04 Å². The van der Waals surface area contributed by atoms with Crippen molar-refractivity contribution < 1.29 is 0 Å². The molecule has 1 unspecified atom stereocenters. The second-order valence-electron chi connectivity index (χ2n) is 5.58. The summed E-state index contributed by atoms with van der Waals surface area (Å²) in [5, 5.41) is 3.47. The lowest BCUT2D eigenvalue weighted by Gasteiger charge is -2.19. The maximum Gasteiger partial charge on any atom is 0.0320 e. The fourth-order valence-corrected chi connectivity index (χ4v) is 2.75. The van der Waals surface area contributed by atoms with Crippen molar-refractivity contribution in [2.24, 2.45) is 0 Å². The lowest BCUT2D eigenvalue weighted by Crippen LogP contribution is -2.17. The van der Waals surface area contributed by atoms with Crippen molar-refractivity contribution in [2.45, 2.75) is 39.2 Å². The third kappa shape index (κ3) is 3.94. The van der Waals surface area contributed by atoms with Gasteiger partial charge in [-0.25, -0.2) is 0 Å². The molecule has 1 nitrogen and oxygen atoms in total.